The van der Waals surface area contributed by atoms with Crippen molar-refractivity contribution in [3.05, 3.63) is 18.7 Å². The first-order chi connectivity index (χ1) is 7.58. The number of ether oxygens (including phenoxy) is 1. The molecule has 0 aliphatic rings. The molecule has 2 N–H and O–H groups in total. The minimum atomic E-state index is -1.05. The van der Waals surface area contributed by atoms with Gasteiger partial charge in [0.2, 0.25) is 0 Å². The van der Waals surface area contributed by atoms with Gasteiger partial charge in [0, 0.05) is 32.6 Å². The van der Waals surface area contributed by atoms with Gasteiger partial charge < -0.3 is 14.4 Å². The molecule has 0 saturated heterocycles. The first kappa shape index (κ1) is 12.7. The van der Waals surface area contributed by atoms with E-state index in [0.29, 0.717) is 13.1 Å². The van der Waals surface area contributed by atoms with Crippen LogP contribution < -0.4 is 5.32 Å². The molecular formula is C10H17N3O3. The number of carboxylic acid groups (broad SMARTS) is 1. The van der Waals surface area contributed by atoms with E-state index < -0.39 is 11.5 Å². The van der Waals surface area contributed by atoms with E-state index in [1.807, 2.05) is 10.8 Å². The highest BCUT2D eigenvalue weighted by Crippen LogP contribution is 2.04. The molecule has 0 radical (unpaired) electrons. The third-order valence-electron chi connectivity index (χ3n) is 2.35. The maximum atomic E-state index is 11.0. The summed E-state index contributed by atoms with van der Waals surface area (Å²) in [5.41, 5.74) is -1.05. The Hall–Kier alpha value is -1.40. The molecule has 0 aliphatic carbocycles. The number of nitrogens with one attached hydrogen (secondary N) is 1. The average molecular weight is 227 g/mol. The molecule has 16 heavy (non-hydrogen) atoms. The zero-order chi connectivity index (χ0) is 12.0. The Morgan fingerprint density at radius 3 is 2.94 bits per heavy atom. The Morgan fingerprint density at radius 1 is 1.69 bits per heavy atom. The molecule has 1 heterocycles. The Balaban J connectivity index is 2.41. The number of imidazole rings is 1. The molecule has 1 atom stereocenters. The largest absolute Gasteiger partial charge is 0.480 e. The van der Waals surface area contributed by atoms with Gasteiger partial charge in [0.05, 0.1) is 12.9 Å². The number of aliphatic carboxylic acids is 1. The fourth-order valence-electron chi connectivity index (χ4n) is 1.36. The normalized spacial score (nSPS) is 14.6. The van der Waals surface area contributed by atoms with Crippen LogP contribution in [0, 0.1) is 0 Å². The van der Waals surface area contributed by atoms with Gasteiger partial charge in [-0.1, -0.05) is 0 Å². The number of aromatic nitrogens is 2. The predicted octanol–water partition coefficient (Wildman–Crippen LogP) is -0.0376. The molecule has 6 nitrogen and oxygen atoms in total. The van der Waals surface area contributed by atoms with Crippen LogP contribution in [0.5, 0.6) is 0 Å². The van der Waals surface area contributed by atoms with Crippen LogP contribution in [-0.2, 0) is 16.1 Å². The van der Waals surface area contributed by atoms with Crippen LogP contribution in [-0.4, -0.2) is 46.4 Å². The van der Waals surface area contributed by atoms with Crippen LogP contribution in [0.15, 0.2) is 18.7 Å². The van der Waals surface area contributed by atoms with Gasteiger partial charge in [-0.15, -0.1) is 0 Å². The zero-order valence-corrected chi connectivity index (χ0v) is 9.51. The van der Waals surface area contributed by atoms with E-state index in [2.05, 4.69) is 10.3 Å². The van der Waals surface area contributed by atoms with Gasteiger partial charge >= 0.3 is 5.97 Å². The predicted molar refractivity (Wildman–Crippen MR) is 58.1 cm³/mol. The summed E-state index contributed by atoms with van der Waals surface area (Å²) in [6, 6.07) is 0. The van der Waals surface area contributed by atoms with Crippen molar-refractivity contribution < 1.29 is 14.6 Å². The molecule has 0 bridgehead atoms. The van der Waals surface area contributed by atoms with Crippen molar-refractivity contribution in [2.45, 2.75) is 19.0 Å². The zero-order valence-electron chi connectivity index (χ0n) is 9.51. The molecule has 1 aromatic rings. The van der Waals surface area contributed by atoms with E-state index in [1.54, 1.807) is 19.4 Å². The van der Waals surface area contributed by atoms with Gasteiger partial charge in [0.15, 0.2) is 0 Å². The van der Waals surface area contributed by atoms with Crippen molar-refractivity contribution >= 4 is 5.97 Å². The van der Waals surface area contributed by atoms with E-state index in [0.717, 1.165) is 0 Å². The summed E-state index contributed by atoms with van der Waals surface area (Å²) in [4.78, 5) is 14.9. The lowest BCUT2D eigenvalue weighted by Crippen LogP contribution is -2.53. The highest BCUT2D eigenvalue weighted by Gasteiger charge is 2.32. The fourth-order valence-corrected chi connectivity index (χ4v) is 1.36. The average Bonchev–Trinajstić information content (AvgIpc) is 2.70. The van der Waals surface area contributed by atoms with Gasteiger partial charge in [-0.3, -0.25) is 10.1 Å². The Labute approximate surface area is 94.2 Å². The number of methoxy groups -OCH3 is 1. The molecule has 0 amide bonds. The fraction of sp³-hybridized carbons (Fsp3) is 0.600. The first-order valence-corrected chi connectivity index (χ1v) is 5.01. The van der Waals surface area contributed by atoms with Crippen LogP contribution >= 0.6 is 0 Å². The Kier molecular flexibility index (Phi) is 4.45. The summed E-state index contributed by atoms with van der Waals surface area (Å²) in [6.07, 6.45) is 5.21. The second-order valence-electron chi connectivity index (χ2n) is 3.80. The summed E-state index contributed by atoms with van der Waals surface area (Å²) in [6.45, 7) is 2.95. The number of rotatable bonds is 7. The van der Waals surface area contributed by atoms with E-state index in [1.165, 1.54) is 7.11 Å². The van der Waals surface area contributed by atoms with Gasteiger partial charge in [-0.05, 0) is 6.92 Å². The number of hydrogen-bond acceptors (Lipinski definition) is 4. The van der Waals surface area contributed by atoms with E-state index in [4.69, 9.17) is 9.84 Å². The monoisotopic (exact) mass is 227 g/mol. The van der Waals surface area contributed by atoms with Crippen LogP contribution in [0.4, 0.5) is 0 Å². The Morgan fingerprint density at radius 2 is 2.44 bits per heavy atom. The quantitative estimate of drug-likeness (QED) is 0.683. The molecule has 0 aliphatic heterocycles. The third-order valence-corrected chi connectivity index (χ3v) is 2.35. The van der Waals surface area contributed by atoms with E-state index in [-0.39, 0.29) is 6.61 Å². The highest BCUT2D eigenvalue weighted by molar-refractivity contribution is 5.78. The Bertz CT molecular complexity index is 326. The summed E-state index contributed by atoms with van der Waals surface area (Å²) in [5.74, 6) is -0.917. The minimum absolute atomic E-state index is 0.131. The number of hydrogen-bond donors (Lipinski definition) is 2. The van der Waals surface area contributed by atoms with Gasteiger partial charge in [0.25, 0.3) is 0 Å². The lowest BCUT2D eigenvalue weighted by molar-refractivity contribution is -0.146. The molecule has 0 spiro atoms. The molecule has 0 aromatic carbocycles. The molecular weight excluding hydrogens is 210 g/mol. The van der Waals surface area contributed by atoms with E-state index in [9.17, 15) is 4.79 Å². The van der Waals surface area contributed by atoms with Crippen molar-refractivity contribution in [2.75, 3.05) is 20.3 Å². The van der Waals surface area contributed by atoms with Crippen LogP contribution in [0.1, 0.15) is 6.92 Å². The maximum absolute atomic E-state index is 11.0. The molecule has 6 heteroatoms. The molecule has 90 valence electrons. The molecule has 1 aromatic heterocycles. The van der Waals surface area contributed by atoms with Crippen LogP contribution in [0.25, 0.3) is 0 Å². The second-order valence-corrected chi connectivity index (χ2v) is 3.80. The van der Waals surface area contributed by atoms with Gasteiger partial charge in [0.1, 0.15) is 5.54 Å². The van der Waals surface area contributed by atoms with Crippen molar-refractivity contribution in [3.63, 3.8) is 0 Å². The van der Waals surface area contributed by atoms with Crippen LogP contribution in [0.2, 0.25) is 0 Å². The second kappa shape index (κ2) is 5.62. The van der Waals surface area contributed by atoms with Crippen molar-refractivity contribution in [2.24, 2.45) is 0 Å². The summed E-state index contributed by atoms with van der Waals surface area (Å²) >= 11 is 0. The molecule has 0 saturated carbocycles. The SMILES string of the molecule is COCC(C)(NCCn1ccnc1)C(=O)O. The van der Waals surface area contributed by atoms with E-state index >= 15 is 0 Å². The summed E-state index contributed by atoms with van der Waals surface area (Å²) < 4.78 is 6.77. The molecule has 1 rings (SSSR count). The maximum Gasteiger partial charge on any atom is 0.326 e. The first-order valence-electron chi connectivity index (χ1n) is 5.01. The molecule has 1 unspecified atom stereocenters. The van der Waals surface area contributed by atoms with Gasteiger partial charge in [-0.25, -0.2) is 4.98 Å². The smallest absolute Gasteiger partial charge is 0.326 e. The number of nitrogens with zero attached hydrogens (tertiary/aromatic N) is 2. The van der Waals surface area contributed by atoms with Crippen molar-refractivity contribution in [1.82, 2.24) is 14.9 Å². The highest BCUT2D eigenvalue weighted by atomic mass is 16.5. The molecule has 0 fully saturated rings. The number of carboxylic acids is 1. The van der Waals surface area contributed by atoms with Crippen molar-refractivity contribution in [1.29, 1.82) is 0 Å². The lowest BCUT2D eigenvalue weighted by Gasteiger charge is -2.25. The topological polar surface area (TPSA) is 76.4 Å². The lowest BCUT2D eigenvalue weighted by atomic mass is 10.0. The number of carbonyl (C=O) groups is 1. The van der Waals surface area contributed by atoms with Crippen molar-refractivity contribution in [3.8, 4) is 0 Å². The summed E-state index contributed by atoms with van der Waals surface area (Å²) in [5, 5.41) is 12.0. The standard InChI is InChI=1S/C10H17N3O3/c1-10(7-16-2,9(14)15)12-4-6-13-5-3-11-8-13/h3,5,8,12H,4,6-7H2,1-2H3,(H,14,15). The minimum Gasteiger partial charge on any atom is -0.480 e. The third kappa shape index (κ3) is 3.32. The van der Waals surface area contributed by atoms with Gasteiger partial charge in [-0.2, -0.15) is 0 Å². The summed E-state index contributed by atoms with van der Waals surface area (Å²) in [7, 11) is 1.48. The van der Waals surface area contributed by atoms with Crippen LogP contribution in [0.3, 0.4) is 0 Å².